The highest BCUT2D eigenvalue weighted by Crippen LogP contribution is 2.49. The summed E-state index contributed by atoms with van der Waals surface area (Å²) in [6.45, 7) is 3.37. The Bertz CT molecular complexity index is 255. The summed E-state index contributed by atoms with van der Waals surface area (Å²) in [5, 5.41) is 7.27. The Hall–Kier alpha value is -0.710. The van der Waals surface area contributed by atoms with Crippen LogP contribution in [-0.4, -0.2) is 31.7 Å². The molecule has 0 aliphatic heterocycles. The van der Waals surface area contributed by atoms with Gasteiger partial charge in [0, 0.05) is 0 Å². The van der Waals surface area contributed by atoms with Crippen LogP contribution >= 0.6 is 7.60 Å². The second-order valence-corrected chi connectivity index (χ2v) is 4.13. The van der Waals surface area contributed by atoms with E-state index in [2.05, 4.69) is 4.74 Å². The molecule has 0 saturated carbocycles. The first-order valence-corrected chi connectivity index (χ1v) is 5.62. The number of methoxy groups -OCH3 is 1. The van der Waals surface area contributed by atoms with Crippen LogP contribution in [0.15, 0.2) is 0 Å². The lowest BCUT2D eigenvalue weighted by Crippen LogP contribution is -2.17. The fourth-order valence-electron chi connectivity index (χ4n) is 0.715. The van der Waals surface area contributed by atoms with E-state index < -0.39 is 19.0 Å². The molecule has 0 amide bonds. The molecule has 0 aliphatic rings. The molecule has 0 aromatic heterocycles. The van der Waals surface area contributed by atoms with E-state index in [0.717, 1.165) is 7.11 Å². The number of ether oxygens (including phenoxy) is 1. The van der Waals surface area contributed by atoms with E-state index in [9.17, 15) is 9.36 Å². The van der Waals surface area contributed by atoms with Gasteiger partial charge in [-0.3, -0.25) is 9.97 Å². The maximum absolute atomic E-state index is 11.7. The molecular formula is C7H14NO5P. The third kappa shape index (κ3) is 3.21. The Morgan fingerprint density at radius 3 is 2.00 bits per heavy atom. The molecule has 0 radical (unpaired) electrons. The van der Waals surface area contributed by atoms with Crippen molar-refractivity contribution in [3.8, 4) is 0 Å². The summed E-state index contributed by atoms with van der Waals surface area (Å²) in [6, 6.07) is 0. The minimum absolute atomic E-state index is 0.0939. The smallest absolute Gasteiger partial charge is 0.386 e. The van der Waals surface area contributed by atoms with E-state index in [-0.39, 0.29) is 13.2 Å². The molecule has 0 aliphatic carbocycles. The van der Waals surface area contributed by atoms with Gasteiger partial charge in [0.1, 0.15) is 0 Å². The van der Waals surface area contributed by atoms with Gasteiger partial charge in [0.25, 0.3) is 0 Å². The van der Waals surface area contributed by atoms with Crippen molar-refractivity contribution in [2.24, 2.45) is 0 Å². The van der Waals surface area contributed by atoms with Crippen molar-refractivity contribution in [3.63, 3.8) is 0 Å². The van der Waals surface area contributed by atoms with Crippen molar-refractivity contribution < 1.29 is 23.1 Å². The molecular weight excluding hydrogens is 209 g/mol. The van der Waals surface area contributed by atoms with E-state index in [1.165, 1.54) is 0 Å². The van der Waals surface area contributed by atoms with Gasteiger partial charge in [0.2, 0.25) is 5.45 Å². The van der Waals surface area contributed by atoms with E-state index in [1.807, 2.05) is 0 Å². The first-order chi connectivity index (χ1) is 6.51. The van der Waals surface area contributed by atoms with E-state index in [1.54, 1.807) is 13.8 Å². The summed E-state index contributed by atoms with van der Waals surface area (Å²) in [5.74, 6) is -1.00. The monoisotopic (exact) mass is 223 g/mol. The summed E-state index contributed by atoms with van der Waals surface area (Å²) >= 11 is 0. The second-order valence-electron chi connectivity index (χ2n) is 2.17. The minimum atomic E-state index is -3.77. The van der Waals surface area contributed by atoms with Crippen LogP contribution in [0.4, 0.5) is 0 Å². The molecule has 0 aromatic rings. The number of rotatable bonds is 6. The zero-order valence-electron chi connectivity index (χ0n) is 8.40. The van der Waals surface area contributed by atoms with Gasteiger partial charge in [-0.15, -0.1) is 0 Å². The van der Waals surface area contributed by atoms with Crippen LogP contribution in [0.3, 0.4) is 0 Å². The summed E-state index contributed by atoms with van der Waals surface area (Å²) in [5.41, 5.74) is -0.774. The summed E-state index contributed by atoms with van der Waals surface area (Å²) in [6.07, 6.45) is 0. The van der Waals surface area contributed by atoms with Gasteiger partial charge in [-0.25, -0.2) is 4.79 Å². The zero-order chi connectivity index (χ0) is 11.2. The average Bonchev–Trinajstić information content (AvgIpc) is 2.16. The number of hydrogen-bond acceptors (Lipinski definition) is 6. The Morgan fingerprint density at radius 1 is 1.29 bits per heavy atom. The number of carbonyl (C=O) groups excluding carboxylic acids is 1. The first-order valence-electron chi connectivity index (χ1n) is 4.08. The molecule has 6 nitrogen and oxygen atoms in total. The lowest BCUT2D eigenvalue weighted by atomic mass is 10.7. The number of nitrogens with one attached hydrogen (secondary N) is 1. The van der Waals surface area contributed by atoms with Crippen molar-refractivity contribution in [3.05, 3.63) is 0 Å². The lowest BCUT2D eigenvalue weighted by molar-refractivity contribution is -0.132. The van der Waals surface area contributed by atoms with E-state index in [4.69, 9.17) is 14.5 Å². The summed E-state index contributed by atoms with van der Waals surface area (Å²) < 4.78 is 25.5. The molecule has 0 rings (SSSR count). The third-order valence-corrected chi connectivity index (χ3v) is 3.18. The first kappa shape index (κ1) is 13.3. The molecule has 0 fully saturated rings. The highest BCUT2D eigenvalue weighted by molar-refractivity contribution is 7.75. The lowest BCUT2D eigenvalue weighted by Gasteiger charge is -2.15. The van der Waals surface area contributed by atoms with Gasteiger partial charge in [0.15, 0.2) is 0 Å². The molecule has 0 spiro atoms. The van der Waals surface area contributed by atoms with Crippen LogP contribution < -0.4 is 0 Å². The molecule has 0 bridgehead atoms. The Kier molecular flexibility index (Phi) is 5.60. The van der Waals surface area contributed by atoms with Gasteiger partial charge in [-0.2, -0.15) is 0 Å². The number of esters is 1. The van der Waals surface area contributed by atoms with Crippen molar-refractivity contribution in [2.75, 3.05) is 20.3 Å². The van der Waals surface area contributed by atoms with Gasteiger partial charge < -0.3 is 13.8 Å². The molecule has 82 valence electrons. The van der Waals surface area contributed by atoms with E-state index >= 15 is 0 Å². The van der Waals surface area contributed by atoms with Gasteiger partial charge in [0.05, 0.1) is 20.3 Å². The van der Waals surface area contributed by atoms with Gasteiger partial charge >= 0.3 is 13.6 Å². The van der Waals surface area contributed by atoms with Crippen LogP contribution in [0.2, 0.25) is 0 Å². The SMILES string of the molecule is CCOP(=O)(OCC)C(=N)C(=O)OC. The fourth-order valence-corrected chi connectivity index (χ4v) is 2.04. The Balaban J connectivity index is 4.73. The van der Waals surface area contributed by atoms with Crippen LogP contribution in [0.5, 0.6) is 0 Å². The largest absolute Gasteiger partial charge is 0.464 e. The summed E-state index contributed by atoms with van der Waals surface area (Å²) in [7, 11) is -2.68. The predicted octanol–water partition coefficient (Wildman–Crippen LogP) is 1.40. The van der Waals surface area contributed by atoms with Crippen LogP contribution in [0.25, 0.3) is 0 Å². The minimum Gasteiger partial charge on any atom is -0.464 e. The maximum Gasteiger partial charge on any atom is 0.386 e. The van der Waals surface area contributed by atoms with Crippen molar-refractivity contribution in [2.45, 2.75) is 13.8 Å². The zero-order valence-corrected chi connectivity index (χ0v) is 9.30. The van der Waals surface area contributed by atoms with Crippen LogP contribution in [-0.2, 0) is 23.1 Å². The molecule has 7 heteroatoms. The topological polar surface area (TPSA) is 85.7 Å². The van der Waals surface area contributed by atoms with Crippen molar-refractivity contribution in [1.29, 1.82) is 5.41 Å². The molecule has 1 N–H and O–H groups in total. The van der Waals surface area contributed by atoms with Crippen LogP contribution in [0.1, 0.15) is 13.8 Å². The highest BCUT2D eigenvalue weighted by Gasteiger charge is 2.36. The summed E-state index contributed by atoms with van der Waals surface area (Å²) in [4.78, 5) is 10.9. The average molecular weight is 223 g/mol. The van der Waals surface area contributed by atoms with Gasteiger partial charge in [-0.1, -0.05) is 0 Å². The third-order valence-electron chi connectivity index (χ3n) is 1.25. The second kappa shape index (κ2) is 5.90. The Labute approximate surface area is 82.6 Å². The Morgan fingerprint density at radius 2 is 1.71 bits per heavy atom. The molecule has 0 atom stereocenters. The molecule has 14 heavy (non-hydrogen) atoms. The quantitative estimate of drug-likeness (QED) is 0.418. The van der Waals surface area contributed by atoms with Crippen molar-refractivity contribution in [1.82, 2.24) is 0 Å². The van der Waals surface area contributed by atoms with E-state index in [0.29, 0.717) is 0 Å². The maximum atomic E-state index is 11.7. The molecule has 0 heterocycles. The normalized spacial score (nSPS) is 11.1. The molecule has 0 aromatic carbocycles. The van der Waals surface area contributed by atoms with Crippen LogP contribution in [0, 0.1) is 5.41 Å². The van der Waals surface area contributed by atoms with Gasteiger partial charge in [-0.05, 0) is 13.8 Å². The standard InChI is InChI=1S/C7H14NO5P/c1-4-12-14(10,13-5-2)6(8)7(9)11-3/h8H,4-5H2,1-3H3. The number of carbonyl (C=O) groups is 1. The predicted molar refractivity (Wildman–Crippen MR) is 50.6 cm³/mol. The molecule has 0 unspecified atom stereocenters. The highest BCUT2D eigenvalue weighted by atomic mass is 31.2. The van der Waals surface area contributed by atoms with Crippen molar-refractivity contribution >= 4 is 19.0 Å². The fraction of sp³-hybridized carbons (Fsp3) is 0.714. The molecule has 0 saturated heterocycles. The number of hydrogen-bond donors (Lipinski definition) is 1.